The molecule has 0 saturated carbocycles. The third kappa shape index (κ3) is 4.96. The Morgan fingerprint density at radius 3 is 1.58 bits per heavy atom. The van der Waals surface area contributed by atoms with E-state index in [2.05, 4.69) is 234 Å². The average molecular weight is 855 g/mol. The summed E-state index contributed by atoms with van der Waals surface area (Å²) in [5, 5.41) is 5.87. The lowest BCUT2D eigenvalue weighted by molar-refractivity contribution is 0.389. The number of aromatic nitrogens is 2. The van der Waals surface area contributed by atoms with E-state index >= 15 is 0 Å². The van der Waals surface area contributed by atoms with Gasteiger partial charge in [0.2, 0.25) is 0 Å². The molecule has 1 unspecified atom stereocenters. The number of para-hydroxylation sites is 5. The van der Waals surface area contributed by atoms with Crippen molar-refractivity contribution in [2.45, 2.75) is 5.41 Å². The number of hydrogen-bond acceptors (Lipinski definition) is 2. The van der Waals surface area contributed by atoms with Crippen LogP contribution in [0.4, 0.5) is 0 Å². The predicted octanol–water partition coefficient (Wildman–Crippen LogP) is 16.4. The summed E-state index contributed by atoms with van der Waals surface area (Å²) in [6.07, 6.45) is 0. The molecule has 67 heavy (non-hydrogen) atoms. The summed E-state index contributed by atoms with van der Waals surface area (Å²) in [5.74, 6) is 2.39. The minimum Gasteiger partial charge on any atom is -0.455 e. The van der Waals surface area contributed by atoms with Gasteiger partial charge in [-0.25, -0.2) is 0 Å². The zero-order valence-electron chi connectivity index (χ0n) is 36.2. The Bertz CT molecular complexity index is 4190. The summed E-state index contributed by atoms with van der Waals surface area (Å²) < 4.78 is 19.0. The van der Waals surface area contributed by atoms with Gasteiger partial charge in [-0.05, 0) is 117 Å². The van der Waals surface area contributed by atoms with E-state index in [1.54, 1.807) is 0 Å². The van der Waals surface area contributed by atoms with Gasteiger partial charge in [0.1, 0.15) is 16.7 Å². The quantitative estimate of drug-likeness (QED) is 0.177. The van der Waals surface area contributed by atoms with Gasteiger partial charge in [0.25, 0.3) is 0 Å². The van der Waals surface area contributed by atoms with E-state index in [4.69, 9.17) is 9.15 Å². The third-order valence-electron chi connectivity index (χ3n) is 14.6. The van der Waals surface area contributed by atoms with Gasteiger partial charge in [0.05, 0.1) is 27.5 Å². The van der Waals surface area contributed by atoms with Crippen molar-refractivity contribution < 1.29 is 9.15 Å². The van der Waals surface area contributed by atoms with Crippen molar-refractivity contribution in [1.29, 1.82) is 0 Å². The fourth-order valence-corrected chi connectivity index (χ4v) is 11.7. The van der Waals surface area contributed by atoms with E-state index in [1.165, 1.54) is 60.4 Å². The molecule has 0 N–H and O–H groups in total. The van der Waals surface area contributed by atoms with Gasteiger partial charge in [-0.2, -0.15) is 0 Å². The fourth-order valence-electron chi connectivity index (χ4n) is 11.7. The van der Waals surface area contributed by atoms with Crippen LogP contribution in [0.25, 0.3) is 99.3 Å². The van der Waals surface area contributed by atoms with Crippen molar-refractivity contribution in [2.24, 2.45) is 0 Å². The van der Waals surface area contributed by atoms with E-state index < -0.39 is 5.41 Å². The first-order chi connectivity index (χ1) is 33.2. The Labute approximate surface area is 385 Å². The molecule has 15 rings (SSSR count). The molecule has 0 bridgehead atoms. The van der Waals surface area contributed by atoms with Crippen molar-refractivity contribution in [2.75, 3.05) is 0 Å². The van der Waals surface area contributed by atoms with Crippen LogP contribution in [-0.2, 0) is 5.41 Å². The predicted molar refractivity (Wildman–Crippen MR) is 273 cm³/mol. The van der Waals surface area contributed by atoms with Gasteiger partial charge in [-0.15, -0.1) is 0 Å². The van der Waals surface area contributed by atoms with Gasteiger partial charge >= 0.3 is 0 Å². The van der Waals surface area contributed by atoms with E-state index in [1.807, 2.05) is 6.07 Å². The van der Waals surface area contributed by atoms with Crippen molar-refractivity contribution in [3.05, 3.63) is 253 Å². The van der Waals surface area contributed by atoms with Crippen LogP contribution in [0.1, 0.15) is 22.5 Å². The second-order valence-electron chi connectivity index (χ2n) is 18.0. The minimum absolute atomic E-state index is 0.766. The number of nitrogens with zero attached hydrogens (tertiary/aromatic N) is 2. The van der Waals surface area contributed by atoms with Crippen LogP contribution in [0, 0.1) is 0 Å². The Kier molecular flexibility index (Phi) is 7.40. The molecule has 0 fully saturated rings. The highest BCUT2D eigenvalue weighted by molar-refractivity contribution is 6.11. The van der Waals surface area contributed by atoms with Crippen molar-refractivity contribution in [1.82, 2.24) is 9.13 Å². The fraction of sp³-hybridized carbons (Fsp3) is 0.0159. The van der Waals surface area contributed by atoms with Crippen LogP contribution in [0.15, 0.2) is 235 Å². The summed E-state index contributed by atoms with van der Waals surface area (Å²) >= 11 is 0. The molecule has 0 radical (unpaired) electrons. The molecule has 10 aromatic carbocycles. The molecule has 4 heterocycles. The van der Waals surface area contributed by atoms with Crippen LogP contribution >= 0.6 is 0 Å². The van der Waals surface area contributed by atoms with Crippen molar-refractivity contribution in [3.63, 3.8) is 0 Å². The van der Waals surface area contributed by atoms with Gasteiger partial charge in [0.15, 0.2) is 11.5 Å². The summed E-state index contributed by atoms with van der Waals surface area (Å²) in [6.45, 7) is 0. The topological polar surface area (TPSA) is 32.2 Å². The molecular formula is C63H38N2O2. The molecule has 4 heteroatoms. The molecule has 4 nitrogen and oxygen atoms in total. The Morgan fingerprint density at radius 1 is 0.328 bits per heavy atom. The summed E-state index contributed by atoms with van der Waals surface area (Å²) in [5.41, 5.74) is 17.3. The Balaban J connectivity index is 1.01. The second-order valence-corrected chi connectivity index (χ2v) is 18.0. The summed E-state index contributed by atoms with van der Waals surface area (Å²) in [4.78, 5) is 0. The van der Waals surface area contributed by atoms with Crippen LogP contribution < -0.4 is 4.74 Å². The monoisotopic (exact) mass is 854 g/mol. The number of rotatable bonds is 4. The van der Waals surface area contributed by atoms with E-state index in [0.717, 1.165) is 72.9 Å². The molecule has 13 aromatic rings. The maximum Gasteiger partial charge on any atom is 0.178 e. The van der Waals surface area contributed by atoms with Crippen LogP contribution in [0.5, 0.6) is 11.5 Å². The summed E-state index contributed by atoms with van der Waals surface area (Å²) in [7, 11) is 0. The molecule has 3 aromatic heterocycles. The van der Waals surface area contributed by atoms with Gasteiger partial charge in [-0.1, -0.05) is 158 Å². The largest absolute Gasteiger partial charge is 0.455 e. The normalized spacial score (nSPS) is 14.7. The first kappa shape index (κ1) is 36.5. The highest BCUT2D eigenvalue weighted by atomic mass is 16.5. The molecule has 1 spiro atoms. The van der Waals surface area contributed by atoms with Crippen LogP contribution in [-0.4, -0.2) is 9.13 Å². The zero-order chi connectivity index (χ0) is 43.8. The van der Waals surface area contributed by atoms with Crippen molar-refractivity contribution in [3.8, 4) is 56.3 Å². The maximum atomic E-state index is 7.20. The lowest BCUT2D eigenvalue weighted by Gasteiger charge is -2.36. The van der Waals surface area contributed by atoms with Gasteiger partial charge in [0, 0.05) is 38.5 Å². The van der Waals surface area contributed by atoms with Crippen LogP contribution in [0.3, 0.4) is 0 Å². The lowest BCUT2D eigenvalue weighted by Crippen LogP contribution is -2.31. The molecule has 2 aliphatic rings. The molecule has 1 atom stereocenters. The third-order valence-corrected chi connectivity index (χ3v) is 14.6. The molecule has 0 saturated heterocycles. The first-order valence-corrected chi connectivity index (χ1v) is 23.0. The maximum absolute atomic E-state index is 7.20. The van der Waals surface area contributed by atoms with E-state index in [9.17, 15) is 0 Å². The number of fused-ring (bicyclic) bond motifs is 17. The number of furan rings is 1. The molecule has 312 valence electrons. The first-order valence-electron chi connectivity index (χ1n) is 23.0. The molecule has 0 amide bonds. The van der Waals surface area contributed by atoms with E-state index in [-0.39, 0.29) is 0 Å². The molecule has 1 aliphatic heterocycles. The number of ether oxygens (including phenoxy) is 1. The summed E-state index contributed by atoms with van der Waals surface area (Å²) in [6, 6.07) is 83.7. The smallest absolute Gasteiger partial charge is 0.178 e. The highest BCUT2D eigenvalue weighted by Crippen LogP contribution is 2.64. The minimum atomic E-state index is -0.850. The molecular weight excluding hydrogens is 817 g/mol. The van der Waals surface area contributed by atoms with Crippen molar-refractivity contribution >= 4 is 54.6 Å². The van der Waals surface area contributed by atoms with Gasteiger partial charge < -0.3 is 18.3 Å². The standard InChI is InChI=1S/C63H38N2O2/c1-3-15-39(16-4-1)41-28-32-50-48-20-8-12-24-56(48)65(58(50)36-41)44-30-34-46-45-31-27-40(42-29-33-49-47-19-7-11-23-55(47)64(57(49)37-42)43-17-5-2-6-18-43)35-53(45)63(54(46)38-44)52-22-10-14-26-60(52)66-61-51-21-9-13-25-59(51)67-62(61)63/h1-38H. The van der Waals surface area contributed by atoms with Gasteiger partial charge in [-0.3, -0.25) is 0 Å². The Morgan fingerprint density at radius 2 is 0.851 bits per heavy atom. The van der Waals surface area contributed by atoms with E-state index in [0.29, 0.717) is 0 Å². The lowest BCUT2D eigenvalue weighted by atomic mass is 9.68. The Hall–Kier alpha value is -8.86. The highest BCUT2D eigenvalue weighted by Gasteiger charge is 2.54. The molecule has 1 aliphatic carbocycles. The second kappa shape index (κ2) is 13.6. The average Bonchev–Trinajstić information content (AvgIpc) is 4.12. The number of hydrogen-bond donors (Lipinski definition) is 0. The zero-order valence-corrected chi connectivity index (χ0v) is 36.2. The SMILES string of the molecule is c1ccc(-c2ccc3c4ccccc4n(-c4ccc5c(c4)C4(c6ccccc6Oc6c4oc4ccccc64)c4cc(-c6ccc7c8ccccc8n(-c8ccccc8)c7c6)ccc4-5)c3c2)cc1. The number of benzene rings is 10. The van der Waals surface area contributed by atoms with Crippen LogP contribution in [0.2, 0.25) is 0 Å².